The lowest BCUT2D eigenvalue weighted by molar-refractivity contribution is 0.303. The largest absolute Gasteiger partial charge is 0.489 e. The van der Waals surface area contributed by atoms with E-state index in [4.69, 9.17) is 10.5 Å². The molecule has 2 aromatic carbocycles. The fourth-order valence-corrected chi connectivity index (χ4v) is 1.81. The van der Waals surface area contributed by atoms with Crippen molar-refractivity contribution >= 4 is 0 Å². The second kappa shape index (κ2) is 5.80. The smallest absolute Gasteiger partial charge is 0.127 e. The van der Waals surface area contributed by atoms with E-state index in [0.29, 0.717) is 17.9 Å². The third-order valence-corrected chi connectivity index (χ3v) is 2.86. The Labute approximate surface area is 110 Å². The van der Waals surface area contributed by atoms with Crippen molar-refractivity contribution < 1.29 is 13.5 Å². The first-order valence-electron chi connectivity index (χ1n) is 5.96. The van der Waals surface area contributed by atoms with Gasteiger partial charge >= 0.3 is 0 Å². The van der Waals surface area contributed by atoms with Crippen molar-refractivity contribution in [1.29, 1.82) is 0 Å². The fraction of sp³-hybridized carbons (Fsp3) is 0.200. The van der Waals surface area contributed by atoms with Gasteiger partial charge in [-0.05, 0) is 48.4 Å². The Morgan fingerprint density at radius 2 is 1.89 bits per heavy atom. The first kappa shape index (κ1) is 13.5. The van der Waals surface area contributed by atoms with E-state index in [1.54, 1.807) is 25.1 Å². The highest BCUT2D eigenvalue weighted by molar-refractivity contribution is 5.33. The average molecular weight is 263 g/mol. The van der Waals surface area contributed by atoms with Gasteiger partial charge in [-0.2, -0.15) is 0 Å². The van der Waals surface area contributed by atoms with Gasteiger partial charge in [0.2, 0.25) is 0 Å². The molecule has 2 rings (SSSR count). The molecule has 0 aliphatic heterocycles. The topological polar surface area (TPSA) is 35.2 Å². The Kier molecular flexibility index (Phi) is 4.12. The van der Waals surface area contributed by atoms with Gasteiger partial charge in [0, 0.05) is 12.1 Å². The van der Waals surface area contributed by atoms with Crippen LogP contribution < -0.4 is 10.5 Å². The molecule has 100 valence electrons. The van der Waals surface area contributed by atoms with Crippen LogP contribution in [0.3, 0.4) is 0 Å². The average Bonchev–Trinajstić information content (AvgIpc) is 2.39. The van der Waals surface area contributed by atoms with Crippen LogP contribution in [0.2, 0.25) is 0 Å². The molecule has 0 fully saturated rings. The number of hydrogen-bond acceptors (Lipinski definition) is 2. The summed E-state index contributed by atoms with van der Waals surface area (Å²) in [4.78, 5) is 0. The number of rotatable bonds is 4. The van der Waals surface area contributed by atoms with Crippen LogP contribution in [0.5, 0.6) is 5.75 Å². The molecule has 0 saturated carbocycles. The van der Waals surface area contributed by atoms with Gasteiger partial charge in [0.25, 0.3) is 0 Å². The summed E-state index contributed by atoms with van der Waals surface area (Å²) in [5.41, 5.74) is 7.45. The summed E-state index contributed by atoms with van der Waals surface area (Å²) < 4.78 is 31.8. The van der Waals surface area contributed by atoms with Crippen molar-refractivity contribution in [2.45, 2.75) is 20.1 Å². The van der Waals surface area contributed by atoms with Crippen LogP contribution >= 0.6 is 0 Å². The van der Waals surface area contributed by atoms with E-state index < -0.39 is 0 Å². The molecule has 0 saturated heterocycles. The lowest BCUT2D eigenvalue weighted by Gasteiger charge is -2.10. The molecule has 0 amide bonds. The number of benzene rings is 2. The van der Waals surface area contributed by atoms with Gasteiger partial charge in [0.05, 0.1) is 0 Å². The Bertz CT molecular complexity index is 584. The highest BCUT2D eigenvalue weighted by Crippen LogP contribution is 2.20. The number of hydrogen-bond donors (Lipinski definition) is 1. The Balaban J connectivity index is 2.10. The van der Waals surface area contributed by atoms with E-state index in [1.807, 2.05) is 0 Å². The molecule has 0 spiro atoms. The van der Waals surface area contributed by atoms with E-state index in [0.717, 1.165) is 11.1 Å². The molecule has 0 bridgehead atoms. The molecule has 2 N–H and O–H groups in total. The fourth-order valence-electron chi connectivity index (χ4n) is 1.81. The quantitative estimate of drug-likeness (QED) is 0.918. The van der Waals surface area contributed by atoms with Gasteiger partial charge in [0.1, 0.15) is 24.0 Å². The van der Waals surface area contributed by atoms with Crippen molar-refractivity contribution in [2.75, 3.05) is 0 Å². The molecule has 4 heteroatoms. The molecule has 0 aliphatic rings. The minimum atomic E-state index is -0.316. The number of aryl methyl sites for hydroxylation is 1. The van der Waals surface area contributed by atoms with E-state index in [9.17, 15) is 8.78 Å². The summed E-state index contributed by atoms with van der Waals surface area (Å²) in [5, 5.41) is 0. The maximum absolute atomic E-state index is 13.3. The molecule has 0 heterocycles. The zero-order valence-corrected chi connectivity index (χ0v) is 10.6. The van der Waals surface area contributed by atoms with Crippen LogP contribution in [-0.4, -0.2) is 0 Å². The molecule has 0 aromatic heterocycles. The van der Waals surface area contributed by atoms with Crippen molar-refractivity contribution in [1.82, 2.24) is 0 Å². The van der Waals surface area contributed by atoms with Gasteiger partial charge in [-0.1, -0.05) is 6.07 Å². The first-order valence-corrected chi connectivity index (χ1v) is 5.96. The van der Waals surface area contributed by atoms with Gasteiger partial charge < -0.3 is 10.5 Å². The standard InChI is InChI=1S/C15H15F2NO/c1-10-6-13(16)3-5-15(10)19-9-11-2-4-14(17)12(7-11)8-18/h2-7H,8-9,18H2,1H3. The highest BCUT2D eigenvalue weighted by atomic mass is 19.1. The Morgan fingerprint density at radius 3 is 2.58 bits per heavy atom. The summed E-state index contributed by atoms with van der Waals surface area (Å²) in [7, 11) is 0. The summed E-state index contributed by atoms with van der Waals surface area (Å²) in [5.74, 6) is 0.00119. The predicted molar refractivity (Wildman–Crippen MR) is 69.8 cm³/mol. The van der Waals surface area contributed by atoms with Crippen molar-refractivity contribution in [3.63, 3.8) is 0 Å². The molecule has 0 atom stereocenters. The second-order valence-electron chi connectivity index (χ2n) is 4.33. The van der Waals surface area contributed by atoms with Crippen LogP contribution in [0.25, 0.3) is 0 Å². The molecule has 19 heavy (non-hydrogen) atoms. The summed E-state index contributed by atoms with van der Waals surface area (Å²) in [6.45, 7) is 2.21. The lowest BCUT2D eigenvalue weighted by Crippen LogP contribution is -2.03. The SMILES string of the molecule is Cc1cc(F)ccc1OCc1ccc(F)c(CN)c1. The molecule has 0 unspecified atom stereocenters. The van der Waals surface area contributed by atoms with Crippen LogP contribution in [-0.2, 0) is 13.2 Å². The Hall–Kier alpha value is -1.94. The van der Waals surface area contributed by atoms with E-state index in [1.165, 1.54) is 18.2 Å². The third kappa shape index (κ3) is 3.29. The summed E-state index contributed by atoms with van der Waals surface area (Å²) in [6, 6.07) is 9.03. The Morgan fingerprint density at radius 1 is 1.11 bits per heavy atom. The van der Waals surface area contributed by atoms with E-state index in [2.05, 4.69) is 0 Å². The zero-order chi connectivity index (χ0) is 13.8. The molecular weight excluding hydrogens is 248 g/mol. The maximum Gasteiger partial charge on any atom is 0.127 e. The van der Waals surface area contributed by atoms with Gasteiger partial charge in [-0.15, -0.1) is 0 Å². The minimum absolute atomic E-state index is 0.148. The molecular formula is C15H15F2NO. The normalized spacial score (nSPS) is 10.5. The van der Waals surface area contributed by atoms with Crippen molar-refractivity contribution in [3.8, 4) is 5.75 Å². The number of halogens is 2. The molecule has 0 radical (unpaired) electrons. The number of nitrogens with two attached hydrogens (primary N) is 1. The van der Waals surface area contributed by atoms with Crippen molar-refractivity contribution in [2.24, 2.45) is 5.73 Å². The van der Waals surface area contributed by atoms with Crippen molar-refractivity contribution in [3.05, 3.63) is 64.7 Å². The molecule has 2 aromatic rings. The van der Waals surface area contributed by atoms with Gasteiger partial charge in [-0.3, -0.25) is 0 Å². The second-order valence-corrected chi connectivity index (χ2v) is 4.33. The summed E-state index contributed by atoms with van der Waals surface area (Å²) in [6.07, 6.45) is 0. The third-order valence-electron chi connectivity index (χ3n) is 2.86. The van der Waals surface area contributed by atoms with Crippen LogP contribution in [0.4, 0.5) is 8.78 Å². The summed E-state index contributed by atoms with van der Waals surface area (Å²) >= 11 is 0. The lowest BCUT2D eigenvalue weighted by atomic mass is 10.1. The van der Waals surface area contributed by atoms with Crippen LogP contribution in [0, 0.1) is 18.6 Å². The van der Waals surface area contributed by atoms with Crippen LogP contribution in [0.1, 0.15) is 16.7 Å². The highest BCUT2D eigenvalue weighted by Gasteiger charge is 2.04. The predicted octanol–water partition coefficient (Wildman–Crippen LogP) is 3.31. The molecule has 2 nitrogen and oxygen atoms in total. The van der Waals surface area contributed by atoms with E-state index in [-0.39, 0.29) is 18.2 Å². The zero-order valence-electron chi connectivity index (χ0n) is 10.6. The number of ether oxygens (including phenoxy) is 1. The van der Waals surface area contributed by atoms with E-state index >= 15 is 0 Å². The minimum Gasteiger partial charge on any atom is -0.489 e. The molecule has 0 aliphatic carbocycles. The first-order chi connectivity index (χ1) is 9.10. The van der Waals surface area contributed by atoms with Gasteiger partial charge in [-0.25, -0.2) is 8.78 Å². The maximum atomic E-state index is 13.3. The van der Waals surface area contributed by atoms with Gasteiger partial charge in [0.15, 0.2) is 0 Å². The van der Waals surface area contributed by atoms with Crippen LogP contribution in [0.15, 0.2) is 36.4 Å². The monoisotopic (exact) mass is 263 g/mol.